The molecule has 0 radical (unpaired) electrons. The number of carboxylic acid groups (broad SMARTS) is 1. The average Bonchev–Trinajstić information content (AvgIpc) is 4.13. The first-order valence-corrected chi connectivity index (χ1v) is 20.6. The van der Waals surface area contributed by atoms with Crippen molar-refractivity contribution < 1.29 is 19.5 Å². The monoisotopic (exact) mass is 788 g/mol. The van der Waals surface area contributed by atoms with E-state index in [1.165, 1.54) is 19.9 Å². The standard InChI is InChI=1S/C47H48N8O4/c1-52(47(58)59)42(35-10-3-2-4-11-35)46(57)55-27-9-15-41(55)44-49-30-39(51-44)34-22-18-32(19-23-34)31-16-20-33(21-17-31)38-29-48-43(50-38)40-14-8-26-54(40)45(56)36-12-7-13-37(28-36)53-24-5-6-25-53/h2-4,7,10-13,16-23,28-30,40-42H,5-6,8-9,14-15,24-27H2,1H3,(H,48,50)(H,49,51)(H,58,59)/t40-,41-,42+/m0/s1. The zero-order valence-electron chi connectivity index (χ0n) is 33.1. The number of nitrogens with one attached hydrogen (secondary N) is 2. The summed E-state index contributed by atoms with van der Waals surface area (Å²) >= 11 is 0. The summed E-state index contributed by atoms with van der Waals surface area (Å²) < 4.78 is 0. The van der Waals surface area contributed by atoms with E-state index in [0.29, 0.717) is 24.5 Å². The van der Waals surface area contributed by atoms with Crippen molar-refractivity contribution in [2.75, 3.05) is 38.1 Å². The highest BCUT2D eigenvalue weighted by atomic mass is 16.4. The molecule has 4 aromatic carbocycles. The van der Waals surface area contributed by atoms with Gasteiger partial charge >= 0.3 is 6.09 Å². The zero-order valence-corrected chi connectivity index (χ0v) is 33.1. The fraction of sp³-hybridized carbons (Fsp3) is 0.298. The van der Waals surface area contributed by atoms with E-state index in [4.69, 9.17) is 9.97 Å². The molecule has 3 aliphatic rings. The summed E-state index contributed by atoms with van der Waals surface area (Å²) in [7, 11) is 1.44. The molecule has 3 amide bonds. The van der Waals surface area contributed by atoms with Crippen LogP contribution in [-0.2, 0) is 4.79 Å². The second kappa shape index (κ2) is 16.3. The number of aromatic nitrogens is 4. The summed E-state index contributed by atoms with van der Waals surface area (Å²) in [5.74, 6) is 1.30. The Morgan fingerprint density at radius 2 is 1.20 bits per heavy atom. The van der Waals surface area contributed by atoms with E-state index in [1.54, 1.807) is 23.2 Å². The van der Waals surface area contributed by atoms with Crippen LogP contribution in [0.1, 0.15) is 84.2 Å². The lowest BCUT2D eigenvalue weighted by atomic mass is 10.0. The van der Waals surface area contributed by atoms with Crippen molar-refractivity contribution >= 4 is 23.6 Å². The Labute approximate surface area is 343 Å². The molecule has 0 aliphatic carbocycles. The molecule has 3 atom stereocenters. The van der Waals surface area contributed by atoms with Gasteiger partial charge in [0.25, 0.3) is 11.8 Å². The average molecular weight is 789 g/mol. The van der Waals surface area contributed by atoms with Gasteiger partial charge in [-0.15, -0.1) is 0 Å². The van der Waals surface area contributed by atoms with Gasteiger partial charge in [-0.05, 0) is 84.5 Å². The van der Waals surface area contributed by atoms with Crippen molar-refractivity contribution in [2.45, 2.75) is 56.7 Å². The molecule has 0 bridgehead atoms. The summed E-state index contributed by atoms with van der Waals surface area (Å²) in [5.41, 5.74) is 8.39. The van der Waals surface area contributed by atoms with Gasteiger partial charge < -0.3 is 29.8 Å². The van der Waals surface area contributed by atoms with Crippen molar-refractivity contribution in [3.63, 3.8) is 0 Å². The van der Waals surface area contributed by atoms with E-state index in [9.17, 15) is 19.5 Å². The number of imidazole rings is 2. The van der Waals surface area contributed by atoms with Gasteiger partial charge in [0.1, 0.15) is 17.7 Å². The molecule has 0 spiro atoms. The summed E-state index contributed by atoms with van der Waals surface area (Å²) in [5, 5.41) is 9.80. The number of hydrogen-bond acceptors (Lipinski definition) is 6. The number of rotatable bonds is 10. The van der Waals surface area contributed by atoms with Crippen LogP contribution in [-0.4, -0.2) is 90.9 Å². The Hall–Kier alpha value is -6.69. The van der Waals surface area contributed by atoms with Crippen LogP contribution in [0.25, 0.3) is 33.6 Å². The number of likely N-dealkylation sites (N-methyl/N-ethyl adjacent to an activating group) is 1. The summed E-state index contributed by atoms with van der Waals surface area (Å²) in [6.45, 7) is 3.33. The number of carbonyl (C=O) groups excluding carboxylic acids is 2. The number of benzene rings is 4. The van der Waals surface area contributed by atoms with E-state index in [1.807, 2.05) is 47.5 Å². The molecule has 2 aromatic heterocycles. The van der Waals surface area contributed by atoms with E-state index < -0.39 is 12.1 Å². The number of H-pyrrole nitrogens is 2. The molecule has 3 saturated heterocycles. The topological polar surface area (TPSA) is 142 Å². The minimum absolute atomic E-state index is 0.0576. The Balaban J connectivity index is 0.856. The van der Waals surface area contributed by atoms with E-state index in [-0.39, 0.29) is 23.9 Å². The van der Waals surface area contributed by atoms with Crippen LogP contribution >= 0.6 is 0 Å². The fourth-order valence-electron chi connectivity index (χ4n) is 9.01. The molecule has 6 aromatic rings. The van der Waals surface area contributed by atoms with E-state index in [0.717, 1.165) is 94.4 Å². The van der Waals surface area contributed by atoms with Crippen LogP contribution in [0.2, 0.25) is 0 Å². The molecular weight excluding hydrogens is 741 g/mol. The predicted octanol–water partition coefficient (Wildman–Crippen LogP) is 8.73. The van der Waals surface area contributed by atoms with Gasteiger partial charge in [-0.2, -0.15) is 0 Å². The van der Waals surface area contributed by atoms with Crippen molar-refractivity contribution in [1.29, 1.82) is 0 Å². The molecule has 0 unspecified atom stereocenters. The summed E-state index contributed by atoms with van der Waals surface area (Å²) in [4.78, 5) is 63.3. The van der Waals surface area contributed by atoms with Gasteiger partial charge in [0.15, 0.2) is 0 Å². The van der Waals surface area contributed by atoms with Crippen molar-refractivity contribution in [3.8, 4) is 33.6 Å². The molecule has 3 aliphatic heterocycles. The van der Waals surface area contributed by atoms with Crippen molar-refractivity contribution in [2.24, 2.45) is 0 Å². The maximum atomic E-state index is 14.0. The lowest BCUT2D eigenvalue weighted by Crippen LogP contribution is -2.43. The molecule has 300 valence electrons. The molecule has 3 N–H and O–H groups in total. The van der Waals surface area contributed by atoms with E-state index in [2.05, 4.69) is 69.5 Å². The van der Waals surface area contributed by atoms with Gasteiger partial charge in [0.05, 0.1) is 35.9 Å². The Morgan fingerprint density at radius 3 is 1.78 bits per heavy atom. The highest BCUT2D eigenvalue weighted by Gasteiger charge is 2.39. The number of amides is 3. The second-order valence-electron chi connectivity index (χ2n) is 15.8. The number of carbonyl (C=O) groups is 3. The van der Waals surface area contributed by atoms with Crippen molar-refractivity contribution in [3.05, 3.63) is 138 Å². The van der Waals surface area contributed by atoms with Crippen LogP contribution in [0, 0.1) is 0 Å². The lowest BCUT2D eigenvalue weighted by molar-refractivity contribution is -0.137. The SMILES string of the molecule is CN(C(=O)O)[C@@H](C(=O)N1CCC[C@H]1c1ncc(-c2ccc(-c3ccc(-c4cnc([C@@H]5CCCN5C(=O)c5cccc(N6CCCC6)c5)[nH]4)cc3)cc2)[nH]1)c1ccccc1. The fourth-order valence-corrected chi connectivity index (χ4v) is 9.01. The third-order valence-electron chi connectivity index (χ3n) is 12.2. The largest absolute Gasteiger partial charge is 0.465 e. The van der Waals surface area contributed by atoms with Gasteiger partial charge in [-0.1, -0.05) is 84.9 Å². The number of likely N-dealkylation sites (tertiary alicyclic amines) is 2. The molecule has 12 heteroatoms. The van der Waals surface area contributed by atoms with E-state index >= 15 is 0 Å². The predicted molar refractivity (Wildman–Crippen MR) is 227 cm³/mol. The molecule has 5 heterocycles. The lowest BCUT2D eigenvalue weighted by Gasteiger charge is -2.32. The minimum atomic E-state index is -1.16. The highest BCUT2D eigenvalue weighted by Crippen LogP contribution is 2.37. The molecule has 9 rings (SSSR count). The quantitative estimate of drug-likeness (QED) is 0.126. The van der Waals surface area contributed by atoms with Crippen LogP contribution in [0.5, 0.6) is 0 Å². The van der Waals surface area contributed by atoms with Gasteiger partial charge in [0, 0.05) is 44.5 Å². The van der Waals surface area contributed by atoms with Crippen LogP contribution in [0.3, 0.4) is 0 Å². The maximum Gasteiger partial charge on any atom is 0.407 e. The van der Waals surface area contributed by atoms with Crippen molar-refractivity contribution in [1.82, 2.24) is 34.6 Å². The number of hydrogen-bond donors (Lipinski definition) is 3. The zero-order chi connectivity index (χ0) is 40.5. The summed E-state index contributed by atoms with van der Waals surface area (Å²) in [6.07, 6.45) is 8.24. The Bertz CT molecular complexity index is 2440. The molecule has 12 nitrogen and oxygen atoms in total. The highest BCUT2D eigenvalue weighted by molar-refractivity contribution is 5.95. The van der Waals surface area contributed by atoms with Crippen LogP contribution < -0.4 is 4.90 Å². The first-order valence-electron chi connectivity index (χ1n) is 20.6. The number of aromatic amines is 2. The number of anilines is 1. The second-order valence-corrected chi connectivity index (χ2v) is 15.8. The minimum Gasteiger partial charge on any atom is -0.465 e. The first-order chi connectivity index (χ1) is 28.8. The smallest absolute Gasteiger partial charge is 0.407 e. The molecule has 0 saturated carbocycles. The Kier molecular flexibility index (Phi) is 10.4. The van der Waals surface area contributed by atoms with Gasteiger partial charge in [-0.3, -0.25) is 14.5 Å². The first kappa shape index (κ1) is 37.9. The third-order valence-corrected chi connectivity index (χ3v) is 12.2. The summed E-state index contributed by atoms with van der Waals surface area (Å²) in [6, 6.07) is 32.5. The molecule has 3 fully saturated rings. The molecule has 59 heavy (non-hydrogen) atoms. The van der Waals surface area contributed by atoms with Gasteiger partial charge in [0.2, 0.25) is 0 Å². The molecular formula is C47H48N8O4. The van der Waals surface area contributed by atoms with Crippen LogP contribution in [0.15, 0.2) is 116 Å². The number of nitrogens with zero attached hydrogens (tertiary/aromatic N) is 6. The van der Waals surface area contributed by atoms with Crippen LogP contribution in [0.4, 0.5) is 10.5 Å². The van der Waals surface area contributed by atoms with Gasteiger partial charge in [-0.25, -0.2) is 14.8 Å². The Morgan fingerprint density at radius 1 is 0.661 bits per heavy atom. The normalized spacial score (nSPS) is 18.4. The third kappa shape index (κ3) is 7.58. The maximum absolute atomic E-state index is 14.0.